The highest BCUT2D eigenvalue weighted by Crippen LogP contribution is 2.26. The van der Waals surface area contributed by atoms with Crippen LogP contribution in [0, 0.1) is 5.92 Å². The van der Waals surface area contributed by atoms with E-state index in [9.17, 15) is 0 Å². The minimum absolute atomic E-state index is 0.497. The van der Waals surface area contributed by atoms with E-state index in [-0.39, 0.29) is 0 Å². The van der Waals surface area contributed by atoms with Crippen LogP contribution in [0.4, 0.5) is 0 Å². The SMILES string of the molecule is c1ccc2c(c1)CC(CNCc1ccnn1-c1ccncc1)CO2. The van der Waals surface area contributed by atoms with Crippen LogP contribution in [-0.4, -0.2) is 27.9 Å². The molecule has 1 atom stereocenters. The van der Waals surface area contributed by atoms with E-state index in [4.69, 9.17) is 4.74 Å². The van der Waals surface area contributed by atoms with E-state index in [1.807, 2.05) is 41.2 Å². The lowest BCUT2D eigenvalue weighted by Crippen LogP contribution is -2.31. The molecular formula is C19H20N4O. The lowest BCUT2D eigenvalue weighted by Gasteiger charge is -2.25. The van der Waals surface area contributed by atoms with Crippen molar-refractivity contribution in [1.82, 2.24) is 20.1 Å². The fourth-order valence-corrected chi connectivity index (χ4v) is 3.11. The number of nitrogens with zero attached hydrogens (tertiary/aromatic N) is 3. The normalized spacial score (nSPS) is 16.4. The summed E-state index contributed by atoms with van der Waals surface area (Å²) >= 11 is 0. The van der Waals surface area contributed by atoms with Gasteiger partial charge in [0.2, 0.25) is 0 Å². The van der Waals surface area contributed by atoms with Crippen LogP contribution in [0.5, 0.6) is 5.75 Å². The fraction of sp³-hybridized carbons (Fsp3) is 0.263. The van der Waals surface area contributed by atoms with Crippen molar-refractivity contribution in [2.75, 3.05) is 13.2 Å². The Kier molecular flexibility index (Phi) is 4.25. The van der Waals surface area contributed by atoms with E-state index in [2.05, 4.69) is 27.5 Å². The van der Waals surface area contributed by atoms with Crippen LogP contribution in [0.15, 0.2) is 61.1 Å². The molecule has 0 saturated heterocycles. The maximum Gasteiger partial charge on any atom is 0.122 e. The Morgan fingerprint density at radius 1 is 1.08 bits per heavy atom. The van der Waals surface area contributed by atoms with Gasteiger partial charge in [-0.25, -0.2) is 4.68 Å². The molecule has 1 aliphatic rings. The van der Waals surface area contributed by atoms with Crippen LogP contribution in [0.1, 0.15) is 11.3 Å². The first-order valence-electron chi connectivity index (χ1n) is 8.25. The Balaban J connectivity index is 1.35. The number of benzene rings is 1. The van der Waals surface area contributed by atoms with Gasteiger partial charge < -0.3 is 10.1 Å². The predicted octanol–water partition coefficient (Wildman–Crippen LogP) is 2.61. The van der Waals surface area contributed by atoms with Crippen LogP contribution in [-0.2, 0) is 13.0 Å². The molecule has 122 valence electrons. The quantitative estimate of drug-likeness (QED) is 0.785. The van der Waals surface area contributed by atoms with Crippen molar-refractivity contribution in [1.29, 1.82) is 0 Å². The number of hydrogen-bond acceptors (Lipinski definition) is 4. The fourth-order valence-electron chi connectivity index (χ4n) is 3.11. The average molecular weight is 320 g/mol. The smallest absolute Gasteiger partial charge is 0.122 e. The summed E-state index contributed by atoms with van der Waals surface area (Å²) < 4.78 is 7.80. The Labute approximate surface area is 141 Å². The van der Waals surface area contributed by atoms with Crippen LogP contribution < -0.4 is 10.1 Å². The molecule has 0 fully saturated rings. The number of aromatic nitrogens is 3. The number of rotatable bonds is 5. The molecule has 2 aromatic heterocycles. The van der Waals surface area contributed by atoms with Crippen molar-refractivity contribution in [3.63, 3.8) is 0 Å². The number of fused-ring (bicyclic) bond motifs is 1. The second kappa shape index (κ2) is 6.84. The van der Waals surface area contributed by atoms with Gasteiger partial charge in [-0.3, -0.25) is 4.98 Å². The molecule has 5 heteroatoms. The van der Waals surface area contributed by atoms with E-state index in [1.54, 1.807) is 12.4 Å². The lowest BCUT2D eigenvalue weighted by molar-refractivity contribution is 0.218. The van der Waals surface area contributed by atoms with Crippen molar-refractivity contribution in [2.45, 2.75) is 13.0 Å². The van der Waals surface area contributed by atoms with E-state index < -0.39 is 0 Å². The van der Waals surface area contributed by atoms with Crippen LogP contribution in [0.3, 0.4) is 0 Å². The van der Waals surface area contributed by atoms with E-state index in [1.165, 1.54) is 5.56 Å². The van der Waals surface area contributed by atoms with Gasteiger partial charge >= 0.3 is 0 Å². The van der Waals surface area contributed by atoms with Gasteiger partial charge in [-0.2, -0.15) is 5.10 Å². The summed E-state index contributed by atoms with van der Waals surface area (Å²) in [5, 5.41) is 7.95. The molecule has 1 unspecified atom stereocenters. The average Bonchev–Trinajstić information content (AvgIpc) is 3.11. The number of ether oxygens (including phenoxy) is 1. The standard InChI is InChI=1S/C19H20N4O/c1-2-4-19-16(3-1)11-15(14-24-19)12-21-13-18-7-10-22-23(18)17-5-8-20-9-6-17/h1-10,15,21H,11-14H2. The molecule has 5 nitrogen and oxygen atoms in total. The van der Waals surface area contributed by atoms with Gasteiger partial charge in [0.15, 0.2) is 0 Å². The molecule has 3 aromatic rings. The van der Waals surface area contributed by atoms with Gasteiger partial charge in [0.1, 0.15) is 5.75 Å². The van der Waals surface area contributed by atoms with Gasteiger partial charge in [0, 0.05) is 37.6 Å². The molecule has 0 radical (unpaired) electrons. The second-order valence-electron chi connectivity index (χ2n) is 6.06. The Bertz CT molecular complexity index is 800. The third-order valence-electron chi connectivity index (χ3n) is 4.32. The van der Waals surface area contributed by atoms with Crippen molar-refractivity contribution in [3.05, 3.63) is 72.3 Å². The van der Waals surface area contributed by atoms with Crippen molar-refractivity contribution in [3.8, 4) is 11.4 Å². The molecule has 0 spiro atoms. The largest absolute Gasteiger partial charge is 0.493 e. The zero-order chi connectivity index (χ0) is 16.2. The number of nitrogens with one attached hydrogen (secondary N) is 1. The van der Waals surface area contributed by atoms with Gasteiger partial charge in [0.25, 0.3) is 0 Å². The molecule has 1 aromatic carbocycles. The molecule has 1 N–H and O–H groups in total. The van der Waals surface area contributed by atoms with Crippen LogP contribution in [0.25, 0.3) is 5.69 Å². The first kappa shape index (κ1) is 14.9. The summed E-state index contributed by atoms with van der Waals surface area (Å²) in [6, 6.07) is 14.3. The molecule has 1 aliphatic heterocycles. The van der Waals surface area contributed by atoms with Gasteiger partial charge in [-0.05, 0) is 36.2 Å². The topological polar surface area (TPSA) is 52.0 Å². The van der Waals surface area contributed by atoms with E-state index >= 15 is 0 Å². The molecule has 4 rings (SSSR count). The number of hydrogen-bond donors (Lipinski definition) is 1. The minimum atomic E-state index is 0.497. The van der Waals surface area contributed by atoms with Gasteiger partial charge in [-0.1, -0.05) is 18.2 Å². The molecule has 0 saturated carbocycles. The summed E-state index contributed by atoms with van der Waals surface area (Å²) in [6.45, 7) is 2.48. The second-order valence-corrected chi connectivity index (χ2v) is 6.06. The summed E-state index contributed by atoms with van der Waals surface area (Å²) in [6.07, 6.45) is 6.46. The first-order valence-corrected chi connectivity index (χ1v) is 8.25. The third kappa shape index (κ3) is 3.16. The maximum atomic E-state index is 5.85. The highest BCUT2D eigenvalue weighted by molar-refractivity contribution is 5.35. The molecule has 0 aliphatic carbocycles. The Hall–Kier alpha value is -2.66. The Morgan fingerprint density at radius 2 is 1.96 bits per heavy atom. The number of pyridine rings is 1. The lowest BCUT2D eigenvalue weighted by atomic mass is 9.97. The first-order chi connectivity index (χ1) is 11.9. The monoisotopic (exact) mass is 320 g/mol. The zero-order valence-electron chi connectivity index (χ0n) is 13.4. The molecule has 3 heterocycles. The van der Waals surface area contributed by atoms with Crippen LogP contribution >= 0.6 is 0 Å². The Morgan fingerprint density at radius 3 is 2.88 bits per heavy atom. The molecular weight excluding hydrogens is 300 g/mol. The van der Waals surface area contributed by atoms with Gasteiger partial charge in [-0.15, -0.1) is 0 Å². The van der Waals surface area contributed by atoms with Crippen molar-refractivity contribution >= 4 is 0 Å². The zero-order valence-corrected chi connectivity index (χ0v) is 13.4. The minimum Gasteiger partial charge on any atom is -0.493 e. The summed E-state index contributed by atoms with van der Waals surface area (Å²) in [4.78, 5) is 4.06. The maximum absolute atomic E-state index is 5.85. The predicted molar refractivity (Wildman–Crippen MR) is 92.2 cm³/mol. The van der Waals surface area contributed by atoms with E-state index in [0.717, 1.165) is 43.2 Å². The van der Waals surface area contributed by atoms with Gasteiger partial charge in [0.05, 0.1) is 18.0 Å². The third-order valence-corrected chi connectivity index (χ3v) is 4.32. The van der Waals surface area contributed by atoms with E-state index in [0.29, 0.717) is 5.92 Å². The highest BCUT2D eigenvalue weighted by Gasteiger charge is 2.19. The van der Waals surface area contributed by atoms with Crippen molar-refractivity contribution in [2.24, 2.45) is 5.92 Å². The molecule has 0 bridgehead atoms. The highest BCUT2D eigenvalue weighted by atomic mass is 16.5. The summed E-state index contributed by atoms with van der Waals surface area (Å²) in [5.74, 6) is 1.53. The molecule has 0 amide bonds. The summed E-state index contributed by atoms with van der Waals surface area (Å²) in [7, 11) is 0. The van der Waals surface area contributed by atoms with Crippen LogP contribution in [0.2, 0.25) is 0 Å². The van der Waals surface area contributed by atoms with Crippen molar-refractivity contribution < 1.29 is 4.74 Å². The summed E-state index contributed by atoms with van der Waals surface area (Å²) in [5.41, 5.74) is 3.47. The number of para-hydroxylation sites is 1. The molecule has 24 heavy (non-hydrogen) atoms.